The molecule has 11 aromatic rings. The van der Waals surface area contributed by atoms with Gasteiger partial charge in [0.25, 0.3) is 0 Å². The summed E-state index contributed by atoms with van der Waals surface area (Å²) in [6.07, 6.45) is 7.73. The highest BCUT2D eigenvalue weighted by Crippen LogP contribution is 2.40. The lowest BCUT2D eigenvalue weighted by molar-refractivity contribution is 0.672. The van der Waals surface area contributed by atoms with Gasteiger partial charge in [-0.15, -0.1) is 11.3 Å². The smallest absolute Gasteiger partial charge is 0.161 e. The van der Waals surface area contributed by atoms with Gasteiger partial charge in [-0.05, 0) is 95.6 Å². The van der Waals surface area contributed by atoms with Crippen LogP contribution in [0.2, 0.25) is 0 Å². The first-order valence-electron chi connectivity index (χ1n) is 21.9. The fourth-order valence-electron chi connectivity index (χ4n) is 9.37. The minimum absolute atomic E-state index is 0.470. The molecule has 5 nitrogen and oxygen atoms in total. The quantitative estimate of drug-likeness (QED) is 0.116. The first kappa shape index (κ1) is 38.5. The van der Waals surface area contributed by atoms with Crippen LogP contribution in [0.5, 0.6) is 0 Å². The van der Waals surface area contributed by atoms with Gasteiger partial charge in [0.05, 0.1) is 22.8 Å². The second-order valence-corrected chi connectivity index (χ2v) is 17.4. The highest BCUT2D eigenvalue weighted by atomic mass is 32.1. The van der Waals surface area contributed by atoms with E-state index in [4.69, 9.17) is 14.4 Å². The summed E-state index contributed by atoms with van der Waals surface area (Å²) in [6.45, 7) is 4.41. The summed E-state index contributed by atoms with van der Waals surface area (Å²) >= 11 is 1.78. The van der Waals surface area contributed by atoms with Crippen LogP contribution in [0.3, 0.4) is 0 Å². The molecule has 0 radical (unpaired) electrons. The van der Waals surface area contributed by atoms with E-state index in [-0.39, 0.29) is 0 Å². The van der Waals surface area contributed by atoms with Crippen LogP contribution in [0.15, 0.2) is 214 Å². The first-order valence-corrected chi connectivity index (χ1v) is 22.7. The maximum atomic E-state index is 6.67. The van der Waals surface area contributed by atoms with Crippen molar-refractivity contribution < 1.29 is 4.42 Å². The van der Waals surface area contributed by atoms with Crippen LogP contribution < -0.4 is 10.6 Å². The molecule has 0 fully saturated rings. The second kappa shape index (κ2) is 16.2. The summed E-state index contributed by atoms with van der Waals surface area (Å²) in [6, 6.07) is 65.9. The lowest BCUT2D eigenvalue weighted by atomic mass is 9.95. The van der Waals surface area contributed by atoms with E-state index in [1.807, 2.05) is 54.6 Å². The number of fused-ring (bicyclic) bond motifs is 10. The van der Waals surface area contributed by atoms with Gasteiger partial charge in [-0.2, -0.15) is 0 Å². The van der Waals surface area contributed by atoms with Gasteiger partial charge in [0.15, 0.2) is 11.7 Å². The van der Waals surface area contributed by atoms with Crippen molar-refractivity contribution in [3.63, 3.8) is 0 Å². The van der Waals surface area contributed by atoms with Gasteiger partial charge in [0.1, 0.15) is 11.2 Å². The van der Waals surface area contributed by atoms with Crippen molar-refractivity contribution in [3.05, 3.63) is 227 Å². The topological polar surface area (TPSA) is 55.1 Å². The molecule has 0 saturated carbocycles. The predicted molar refractivity (Wildman–Crippen MR) is 275 cm³/mol. The second-order valence-electron chi connectivity index (χ2n) is 16.3. The molecule has 0 amide bonds. The average molecular weight is 853 g/mol. The number of para-hydroxylation sites is 2. The van der Waals surface area contributed by atoms with E-state index in [0.29, 0.717) is 18.2 Å². The number of aromatic nitrogens is 1. The molecule has 0 N–H and O–H groups in total. The fraction of sp³-hybridized carbons (Fsp3) is 0.0339. The van der Waals surface area contributed by atoms with E-state index in [9.17, 15) is 0 Å². The summed E-state index contributed by atoms with van der Waals surface area (Å²) in [5, 5.41) is 8.08. The predicted octanol–water partition coefficient (Wildman–Crippen LogP) is 13.7. The Morgan fingerprint density at radius 2 is 1.35 bits per heavy atom. The van der Waals surface area contributed by atoms with Crippen LogP contribution in [0.4, 0.5) is 0 Å². The molecule has 8 aromatic carbocycles. The molecule has 1 aliphatic rings. The molecule has 0 saturated heterocycles. The fourth-order valence-corrected chi connectivity index (χ4v) is 10.6. The maximum absolute atomic E-state index is 6.67. The van der Waals surface area contributed by atoms with Gasteiger partial charge in [-0.3, -0.25) is 4.99 Å². The van der Waals surface area contributed by atoms with Crippen molar-refractivity contribution >= 4 is 100 Å². The third-order valence-corrected chi connectivity index (χ3v) is 13.7. The van der Waals surface area contributed by atoms with Crippen LogP contribution in [0, 0.1) is 0 Å². The van der Waals surface area contributed by atoms with Gasteiger partial charge in [0.2, 0.25) is 0 Å². The van der Waals surface area contributed by atoms with Crippen molar-refractivity contribution in [1.29, 1.82) is 0 Å². The maximum Gasteiger partial charge on any atom is 0.161 e. The number of hydrogen-bond acceptors (Lipinski definition) is 3. The molecular weight excluding hydrogens is 813 g/mol. The van der Waals surface area contributed by atoms with Gasteiger partial charge in [-0.1, -0.05) is 152 Å². The molecule has 6 heteroatoms. The van der Waals surface area contributed by atoms with Crippen molar-refractivity contribution in [2.24, 2.45) is 15.0 Å². The Morgan fingerprint density at radius 1 is 0.615 bits per heavy atom. The van der Waals surface area contributed by atoms with Crippen molar-refractivity contribution in [3.8, 4) is 16.8 Å². The number of aliphatic imine (C=N–C) groups is 3. The van der Waals surface area contributed by atoms with Crippen LogP contribution in [0.25, 0.3) is 87.6 Å². The van der Waals surface area contributed by atoms with Gasteiger partial charge >= 0.3 is 0 Å². The first-order chi connectivity index (χ1) is 32.2. The third kappa shape index (κ3) is 6.83. The van der Waals surface area contributed by atoms with Crippen LogP contribution in [-0.4, -0.2) is 23.0 Å². The highest BCUT2D eigenvalue weighted by molar-refractivity contribution is 7.26. The van der Waals surface area contributed by atoms with E-state index in [1.54, 1.807) is 11.3 Å². The third-order valence-electron chi connectivity index (χ3n) is 12.5. The minimum atomic E-state index is 0.470. The number of hydrogen-bond donors (Lipinski definition) is 0. The summed E-state index contributed by atoms with van der Waals surface area (Å²) in [5.74, 6) is 1.15. The molecule has 3 aromatic heterocycles. The molecule has 3 heterocycles. The summed E-state index contributed by atoms with van der Waals surface area (Å²) < 4.78 is 11.4. The largest absolute Gasteiger partial charge is 0.455 e. The van der Waals surface area contributed by atoms with Crippen LogP contribution >= 0.6 is 11.3 Å². The van der Waals surface area contributed by atoms with Gasteiger partial charge in [-0.25, -0.2) is 9.98 Å². The Balaban J connectivity index is 1.02. The molecule has 0 spiro atoms. The lowest BCUT2D eigenvalue weighted by Crippen LogP contribution is -2.27. The zero-order chi connectivity index (χ0) is 43.3. The Hall–Kier alpha value is -8.19. The molecule has 1 aliphatic carbocycles. The monoisotopic (exact) mass is 852 g/mol. The van der Waals surface area contributed by atoms with Crippen molar-refractivity contribution in [2.45, 2.75) is 13.0 Å². The molecular formula is C59H40N4OS. The van der Waals surface area contributed by atoms with Crippen molar-refractivity contribution in [2.75, 3.05) is 0 Å². The van der Waals surface area contributed by atoms with Gasteiger partial charge in [0, 0.05) is 53.0 Å². The SMILES string of the molecule is C=N/C(=N\C(=N/Cc1ccccc1)c1cc(-c2cccc(C3=CC=c4c(n(-c5ccccc5)c5ccc6c7ccccc7oc6c45)=CC3)c2)cc2c1sc1ccccc12)c1ccccc1. The molecule has 308 valence electrons. The number of nitrogens with zero attached hydrogens (tertiary/aromatic N) is 4. The Morgan fingerprint density at radius 3 is 2.18 bits per heavy atom. The normalized spacial score (nSPS) is 13.2. The zero-order valence-corrected chi connectivity index (χ0v) is 36.2. The van der Waals surface area contributed by atoms with E-state index < -0.39 is 0 Å². The Kier molecular flexibility index (Phi) is 9.58. The van der Waals surface area contributed by atoms with E-state index in [0.717, 1.165) is 88.0 Å². The molecule has 0 bridgehead atoms. The van der Waals surface area contributed by atoms with E-state index in [1.165, 1.54) is 26.6 Å². The van der Waals surface area contributed by atoms with Crippen LogP contribution in [0.1, 0.15) is 28.7 Å². The van der Waals surface area contributed by atoms with E-state index >= 15 is 0 Å². The number of furan rings is 1. The molecule has 0 atom stereocenters. The summed E-state index contributed by atoms with van der Waals surface area (Å²) in [5.41, 5.74) is 11.6. The number of amidine groups is 2. The van der Waals surface area contributed by atoms with Gasteiger partial charge < -0.3 is 8.98 Å². The molecule has 0 unspecified atom stereocenters. The molecule has 12 rings (SSSR count). The van der Waals surface area contributed by atoms with Crippen molar-refractivity contribution in [1.82, 2.24) is 4.57 Å². The Labute approximate surface area is 379 Å². The van der Waals surface area contributed by atoms with E-state index in [2.05, 4.69) is 168 Å². The Bertz CT molecular complexity index is 3890. The number of allylic oxidation sites excluding steroid dienone is 2. The number of thiophene rings is 1. The number of benzene rings is 8. The summed E-state index contributed by atoms with van der Waals surface area (Å²) in [4.78, 5) is 14.9. The lowest BCUT2D eigenvalue weighted by Gasteiger charge is -2.12. The minimum Gasteiger partial charge on any atom is -0.455 e. The average Bonchev–Trinajstić information content (AvgIpc) is 3.99. The highest BCUT2D eigenvalue weighted by Gasteiger charge is 2.20. The summed E-state index contributed by atoms with van der Waals surface area (Å²) in [7, 11) is 0. The molecule has 65 heavy (non-hydrogen) atoms. The van der Waals surface area contributed by atoms with Crippen LogP contribution in [-0.2, 0) is 6.54 Å². The molecule has 0 aliphatic heterocycles. The number of rotatable bonds is 7. The standard InChI is InChI=1S/C59H40N4OS/c1-60-58(40-18-7-3-8-19-40)62-59(61-37-38-16-5-2-6-17-38)50-36-43(35-49-46-25-12-14-27-54(46)65-57(49)50)42-21-15-20-41(34-42)39-28-30-48-51(32-29-39)63(44-22-9-4-10-23-44)52-33-31-47-45-24-11-13-26-53(45)64-56(47)55(48)52/h2-28,30-36H,1,29,37H2/b61-59-,62-58-. The zero-order valence-electron chi connectivity index (χ0n) is 35.4.